The molecule has 0 aliphatic heterocycles. The van der Waals surface area contributed by atoms with Gasteiger partial charge in [0, 0.05) is 37.2 Å². The molecule has 19 heavy (non-hydrogen) atoms. The summed E-state index contributed by atoms with van der Waals surface area (Å²) in [4.78, 5) is 24.3. The van der Waals surface area contributed by atoms with Crippen molar-refractivity contribution in [2.75, 3.05) is 0 Å². The van der Waals surface area contributed by atoms with Crippen molar-refractivity contribution < 1.29 is 0 Å². The van der Waals surface area contributed by atoms with Gasteiger partial charge in [-0.1, -0.05) is 24.3 Å². The van der Waals surface area contributed by atoms with Crippen LogP contribution in [0.5, 0.6) is 0 Å². The van der Waals surface area contributed by atoms with Crippen LogP contribution < -0.4 is 11.2 Å². The molecule has 2 aromatic rings. The molecule has 4 heteroatoms. The first-order valence-electron chi connectivity index (χ1n) is 6.49. The SMILES string of the molecule is Cn1c2c(c(=O)n(C)c1=O)C1Cc3ccccc3C21. The summed E-state index contributed by atoms with van der Waals surface area (Å²) in [6.07, 6.45) is 0.918. The van der Waals surface area contributed by atoms with Crippen LogP contribution in [0.15, 0.2) is 33.9 Å². The topological polar surface area (TPSA) is 44.0 Å². The Balaban J connectivity index is 2.05. The third kappa shape index (κ3) is 1.10. The van der Waals surface area contributed by atoms with E-state index in [1.54, 1.807) is 18.7 Å². The van der Waals surface area contributed by atoms with E-state index in [0.717, 1.165) is 17.7 Å². The molecule has 1 heterocycles. The molecular formula is C15H14N2O2. The van der Waals surface area contributed by atoms with E-state index in [9.17, 15) is 9.59 Å². The summed E-state index contributed by atoms with van der Waals surface area (Å²) in [5.41, 5.74) is 4.00. The van der Waals surface area contributed by atoms with Crippen molar-refractivity contribution in [1.82, 2.24) is 9.13 Å². The van der Waals surface area contributed by atoms with Crippen molar-refractivity contribution in [2.45, 2.75) is 18.3 Å². The second-order valence-electron chi connectivity index (χ2n) is 5.49. The van der Waals surface area contributed by atoms with Gasteiger partial charge in [-0.05, 0) is 17.5 Å². The smallest absolute Gasteiger partial charge is 0.300 e. The molecule has 1 aromatic heterocycles. The van der Waals surface area contributed by atoms with E-state index >= 15 is 0 Å². The molecule has 2 aliphatic carbocycles. The monoisotopic (exact) mass is 254 g/mol. The predicted octanol–water partition coefficient (Wildman–Crippen LogP) is 0.869. The highest BCUT2D eigenvalue weighted by molar-refractivity contribution is 5.55. The van der Waals surface area contributed by atoms with E-state index in [1.807, 2.05) is 12.1 Å². The molecule has 1 aromatic carbocycles. The maximum Gasteiger partial charge on any atom is 0.330 e. The van der Waals surface area contributed by atoms with Gasteiger partial charge in [-0.2, -0.15) is 0 Å². The van der Waals surface area contributed by atoms with Crippen molar-refractivity contribution in [2.24, 2.45) is 14.1 Å². The molecule has 0 amide bonds. The van der Waals surface area contributed by atoms with E-state index in [1.165, 1.54) is 15.7 Å². The average Bonchev–Trinajstić information content (AvgIpc) is 2.70. The van der Waals surface area contributed by atoms with Crippen LogP contribution in [0.2, 0.25) is 0 Å². The Kier molecular flexibility index (Phi) is 1.85. The molecule has 0 saturated heterocycles. The fraction of sp³-hybridized carbons (Fsp3) is 0.333. The lowest BCUT2D eigenvalue weighted by molar-refractivity contribution is 0.477. The Hall–Kier alpha value is -2.10. The normalized spacial score (nSPS) is 22.4. The molecule has 0 radical (unpaired) electrons. The van der Waals surface area contributed by atoms with Crippen LogP contribution in [-0.4, -0.2) is 9.13 Å². The minimum atomic E-state index is -0.230. The molecule has 2 unspecified atom stereocenters. The van der Waals surface area contributed by atoms with Crippen molar-refractivity contribution in [1.29, 1.82) is 0 Å². The van der Waals surface area contributed by atoms with Gasteiger partial charge in [0.05, 0.1) is 0 Å². The Morgan fingerprint density at radius 1 is 1.11 bits per heavy atom. The molecule has 4 rings (SSSR count). The summed E-state index contributed by atoms with van der Waals surface area (Å²) in [6, 6.07) is 8.30. The number of aromatic nitrogens is 2. The molecule has 0 saturated carbocycles. The summed E-state index contributed by atoms with van der Waals surface area (Å²) in [7, 11) is 3.32. The zero-order valence-corrected chi connectivity index (χ0v) is 10.9. The minimum Gasteiger partial charge on any atom is -0.300 e. The molecule has 0 spiro atoms. The predicted molar refractivity (Wildman–Crippen MR) is 71.7 cm³/mol. The van der Waals surface area contributed by atoms with Gasteiger partial charge in [0.15, 0.2) is 0 Å². The number of fused-ring (bicyclic) bond motifs is 6. The zero-order chi connectivity index (χ0) is 13.3. The van der Waals surface area contributed by atoms with Gasteiger partial charge < -0.3 is 0 Å². The maximum atomic E-state index is 12.3. The van der Waals surface area contributed by atoms with Crippen LogP contribution in [0.25, 0.3) is 0 Å². The molecule has 0 N–H and O–H groups in total. The van der Waals surface area contributed by atoms with Gasteiger partial charge in [0.1, 0.15) is 0 Å². The highest BCUT2D eigenvalue weighted by Gasteiger charge is 2.48. The molecule has 2 aliphatic rings. The standard InChI is InChI=1S/C15H14N2O2/c1-16-13-11-9-6-4-3-5-8(9)7-10(11)12(13)14(18)17(2)15(16)19/h3-6,10-11H,7H2,1-2H3. The van der Waals surface area contributed by atoms with E-state index in [4.69, 9.17) is 0 Å². The van der Waals surface area contributed by atoms with Gasteiger partial charge in [-0.3, -0.25) is 13.9 Å². The van der Waals surface area contributed by atoms with E-state index in [0.29, 0.717) is 0 Å². The van der Waals surface area contributed by atoms with Crippen LogP contribution in [0, 0.1) is 0 Å². The fourth-order valence-corrected chi connectivity index (χ4v) is 3.72. The lowest BCUT2D eigenvalue weighted by Crippen LogP contribution is -2.47. The molecule has 0 bridgehead atoms. The summed E-state index contributed by atoms with van der Waals surface area (Å²) in [5.74, 6) is 0.496. The fourth-order valence-electron chi connectivity index (χ4n) is 3.72. The van der Waals surface area contributed by atoms with Crippen LogP contribution in [-0.2, 0) is 20.5 Å². The second kappa shape index (κ2) is 3.26. The van der Waals surface area contributed by atoms with Gasteiger partial charge in [-0.25, -0.2) is 4.79 Å². The summed E-state index contributed by atoms with van der Waals surface area (Å²) in [5, 5.41) is 0. The number of hydrogen-bond acceptors (Lipinski definition) is 2. The number of rotatable bonds is 0. The quantitative estimate of drug-likeness (QED) is 0.700. The molecule has 0 fully saturated rings. The van der Waals surface area contributed by atoms with Crippen molar-refractivity contribution in [3.8, 4) is 0 Å². The second-order valence-corrected chi connectivity index (χ2v) is 5.49. The Morgan fingerprint density at radius 3 is 2.63 bits per heavy atom. The van der Waals surface area contributed by atoms with Crippen LogP contribution in [0.1, 0.15) is 34.2 Å². The largest absolute Gasteiger partial charge is 0.330 e. The van der Waals surface area contributed by atoms with E-state index in [-0.39, 0.29) is 23.1 Å². The Morgan fingerprint density at radius 2 is 1.84 bits per heavy atom. The molecular weight excluding hydrogens is 240 g/mol. The minimum absolute atomic E-state index is 0.118. The van der Waals surface area contributed by atoms with Crippen molar-refractivity contribution >= 4 is 0 Å². The van der Waals surface area contributed by atoms with Gasteiger partial charge in [0.25, 0.3) is 5.56 Å². The van der Waals surface area contributed by atoms with Crippen molar-refractivity contribution in [3.63, 3.8) is 0 Å². The third-order valence-corrected chi connectivity index (χ3v) is 4.64. The Bertz CT molecular complexity index is 829. The average molecular weight is 254 g/mol. The first-order valence-corrected chi connectivity index (χ1v) is 6.49. The maximum absolute atomic E-state index is 12.3. The van der Waals surface area contributed by atoms with Gasteiger partial charge in [-0.15, -0.1) is 0 Å². The molecule has 2 atom stereocenters. The van der Waals surface area contributed by atoms with E-state index < -0.39 is 0 Å². The highest BCUT2D eigenvalue weighted by atomic mass is 16.2. The van der Waals surface area contributed by atoms with Crippen LogP contribution in [0.3, 0.4) is 0 Å². The van der Waals surface area contributed by atoms with Crippen molar-refractivity contribution in [3.05, 3.63) is 67.5 Å². The van der Waals surface area contributed by atoms with Crippen LogP contribution in [0.4, 0.5) is 0 Å². The number of benzene rings is 1. The highest BCUT2D eigenvalue weighted by Crippen LogP contribution is 2.55. The lowest BCUT2D eigenvalue weighted by Gasteiger charge is -2.35. The third-order valence-electron chi connectivity index (χ3n) is 4.64. The zero-order valence-electron chi connectivity index (χ0n) is 10.9. The molecule has 96 valence electrons. The lowest BCUT2D eigenvalue weighted by atomic mass is 9.72. The number of nitrogens with zero attached hydrogens (tertiary/aromatic N) is 2. The van der Waals surface area contributed by atoms with Crippen LogP contribution >= 0.6 is 0 Å². The molecule has 4 nitrogen and oxygen atoms in total. The summed E-state index contributed by atoms with van der Waals surface area (Å²) >= 11 is 0. The first kappa shape index (κ1) is 10.8. The van der Waals surface area contributed by atoms with Gasteiger partial charge >= 0.3 is 5.69 Å². The van der Waals surface area contributed by atoms with Gasteiger partial charge in [0.2, 0.25) is 0 Å². The number of hydrogen-bond donors (Lipinski definition) is 0. The summed E-state index contributed by atoms with van der Waals surface area (Å²) in [6.45, 7) is 0. The Labute approximate surface area is 109 Å². The first-order chi connectivity index (χ1) is 9.11. The van der Waals surface area contributed by atoms with E-state index in [2.05, 4.69) is 12.1 Å². The summed E-state index contributed by atoms with van der Waals surface area (Å²) < 4.78 is 2.86.